The van der Waals surface area contributed by atoms with Crippen LogP contribution < -0.4 is 14.4 Å². The normalized spacial score (nSPS) is 14.3. The molecule has 25 heavy (non-hydrogen) atoms. The van der Waals surface area contributed by atoms with E-state index in [0.29, 0.717) is 16.3 Å². The molecule has 0 spiro atoms. The van der Waals surface area contributed by atoms with Crippen molar-refractivity contribution in [2.45, 2.75) is 0 Å². The molecular formula is C18H14ClNO5. The second kappa shape index (κ2) is 6.49. The van der Waals surface area contributed by atoms with Gasteiger partial charge in [0, 0.05) is 10.6 Å². The number of rotatable bonds is 4. The summed E-state index contributed by atoms with van der Waals surface area (Å²) in [6, 6.07) is 11.2. The summed E-state index contributed by atoms with van der Waals surface area (Å²) in [5, 5.41) is 10.6. The zero-order valence-corrected chi connectivity index (χ0v) is 14.2. The SMILES string of the molecule is COc1ccccc1C1=C(O)C(=O)N(c2cc(Cl)ccc2OC)C1=O. The number of aliphatic hydroxyl groups excluding tert-OH is 1. The number of aliphatic hydroxyl groups is 1. The van der Waals surface area contributed by atoms with Crippen LogP contribution in [0.2, 0.25) is 5.02 Å². The van der Waals surface area contributed by atoms with Crippen molar-refractivity contribution in [3.05, 3.63) is 58.8 Å². The largest absolute Gasteiger partial charge is 0.502 e. The number of imide groups is 1. The van der Waals surface area contributed by atoms with Crippen molar-refractivity contribution in [2.24, 2.45) is 0 Å². The van der Waals surface area contributed by atoms with E-state index in [-0.39, 0.29) is 17.0 Å². The Balaban J connectivity index is 2.14. The average Bonchev–Trinajstić information content (AvgIpc) is 2.84. The van der Waals surface area contributed by atoms with E-state index >= 15 is 0 Å². The second-order valence-electron chi connectivity index (χ2n) is 5.19. The van der Waals surface area contributed by atoms with Crippen molar-refractivity contribution in [1.29, 1.82) is 0 Å². The third-order valence-corrected chi connectivity index (χ3v) is 4.05. The number of carbonyl (C=O) groups excluding carboxylic acids is 2. The van der Waals surface area contributed by atoms with Crippen LogP contribution in [0.3, 0.4) is 0 Å². The Labute approximate surface area is 148 Å². The van der Waals surface area contributed by atoms with Crippen LogP contribution in [0.15, 0.2) is 48.2 Å². The quantitative estimate of drug-likeness (QED) is 0.848. The standard InChI is InChI=1S/C18H14ClNO5/c1-24-13-6-4-3-5-11(13)15-16(21)18(23)20(17(15)22)12-9-10(19)7-8-14(12)25-2/h3-9,21H,1-2H3. The van der Waals surface area contributed by atoms with E-state index in [2.05, 4.69) is 0 Å². The number of benzene rings is 2. The highest BCUT2D eigenvalue weighted by molar-refractivity contribution is 6.45. The molecule has 1 heterocycles. The maximum Gasteiger partial charge on any atom is 0.301 e. The maximum absolute atomic E-state index is 12.9. The van der Waals surface area contributed by atoms with E-state index < -0.39 is 17.6 Å². The molecule has 1 aliphatic heterocycles. The summed E-state index contributed by atoms with van der Waals surface area (Å²) in [7, 11) is 2.85. The van der Waals surface area contributed by atoms with Gasteiger partial charge in [-0.05, 0) is 24.3 Å². The van der Waals surface area contributed by atoms with E-state index in [0.717, 1.165) is 4.90 Å². The molecule has 0 bridgehead atoms. The lowest BCUT2D eigenvalue weighted by Crippen LogP contribution is -2.32. The first-order chi connectivity index (χ1) is 12.0. The first-order valence-corrected chi connectivity index (χ1v) is 7.66. The average molecular weight is 360 g/mol. The van der Waals surface area contributed by atoms with Crippen molar-refractivity contribution in [3.63, 3.8) is 0 Å². The van der Waals surface area contributed by atoms with Crippen molar-refractivity contribution in [2.75, 3.05) is 19.1 Å². The van der Waals surface area contributed by atoms with Crippen LogP contribution in [-0.2, 0) is 9.59 Å². The van der Waals surface area contributed by atoms with Crippen LogP contribution in [-0.4, -0.2) is 31.1 Å². The first kappa shape index (κ1) is 16.9. The zero-order chi connectivity index (χ0) is 18.1. The van der Waals surface area contributed by atoms with Gasteiger partial charge < -0.3 is 14.6 Å². The molecule has 2 aromatic rings. The first-order valence-electron chi connectivity index (χ1n) is 7.28. The smallest absolute Gasteiger partial charge is 0.301 e. The van der Waals surface area contributed by atoms with Crippen molar-refractivity contribution < 1.29 is 24.2 Å². The van der Waals surface area contributed by atoms with E-state index in [1.165, 1.54) is 26.4 Å². The van der Waals surface area contributed by atoms with Crippen molar-refractivity contribution in [3.8, 4) is 11.5 Å². The van der Waals surface area contributed by atoms with Gasteiger partial charge in [0.2, 0.25) is 0 Å². The van der Waals surface area contributed by atoms with Crippen LogP contribution in [0.25, 0.3) is 5.57 Å². The third kappa shape index (κ3) is 2.70. The molecule has 0 unspecified atom stereocenters. The number of anilines is 1. The molecule has 6 nitrogen and oxygen atoms in total. The Kier molecular flexibility index (Phi) is 4.37. The molecule has 0 aromatic heterocycles. The molecule has 0 aliphatic carbocycles. The number of methoxy groups -OCH3 is 2. The van der Waals surface area contributed by atoms with Gasteiger partial charge in [-0.3, -0.25) is 9.59 Å². The molecule has 7 heteroatoms. The lowest BCUT2D eigenvalue weighted by atomic mass is 10.0. The molecule has 1 aliphatic rings. The summed E-state index contributed by atoms with van der Waals surface area (Å²) in [5.41, 5.74) is 0.343. The van der Waals surface area contributed by atoms with Crippen LogP contribution in [0, 0.1) is 0 Å². The van der Waals surface area contributed by atoms with Gasteiger partial charge in [-0.15, -0.1) is 0 Å². The zero-order valence-electron chi connectivity index (χ0n) is 13.4. The minimum atomic E-state index is -0.855. The summed E-state index contributed by atoms with van der Waals surface area (Å²) in [4.78, 5) is 26.3. The van der Waals surface area contributed by atoms with Gasteiger partial charge in [0.1, 0.15) is 11.5 Å². The highest BCUT2D eigenvalue weighted by Crippen LogP contribution is 2.39. The van der Waals surface area contributed by atoms with E-state index in [9.17, 15) is 14.7 Å². The lowest BCUT2D eigenvalue weighted by molar-refractivity contribution is -0.121. The van der Waals surface area contributed by atoms with Crippen LogP contribution in [0.1, 0.15) is 5.56 Å². The molecule has 0 saturated heterocycles. The van der Waals surface area contributed by atoms with Gasteiger partial charge in [0.25, 0.3) is 5.91 Å². The van der Waals surface area contributed by atoms with Gasteiger partial charge in [-0.2, -0.15) is 0 Å². The Hall–Kier alpha value is -2.99. The fourth-order valence-electron chi connectivity index (χ4n) is 2.67. The number of nitrogens with zero attached hydrogens (tertiary/aromatic N) is 1. The predicted molar refractivity (Wildman–Crippen MR) is 93.0 cm³/mol. The Bertz CT molecular complexity index is 906. The topological polar surface area (TPSA) is 76.1 Å². The van der Waals surface area contributed by atoms with E-state index in [1.807, 2.05) is 0 Å². The van der Waals surface area contributed by atoms with Crippen molar-refractivity contribution >= 4 is 34.7 Å². The number of halogens is 1. The Morgan fingerprint density at radius 2 is 1.64 bits per heavy atom. The summed E-state index contributed by atoms with van der Waals surface area (Å²) < 4.78 is 10.4. The molecular weight excluding hydrogens is 346 g/mol. The van der Waals surface area contributed by atoms with Gasteiger partial charge >= 0.3 is 5.91 Å². The Morgan fingerprint density at radius 1 is 0.960 bits per heavy atom. The van der Waals surface area contributed by atoms with Gasteiger partial charge in [-0.25, -0.2) is 4.90 Å². The van der Waals surface area contributed by atoms with E-state index in [4.69, 9.17) is 21.1 Å². The summed E-state index contributed by atoms with van der Waals surface area (Å²) in [6.45, 7) is 0. The van der Waals surface area contributed by atoms with Crippen LogP contribution in [0.4, 0.5) is 5.69 Å². The predicted octanol–water partition coefficient (Wildman–Crippen LogP) is 3.20. The minimum absolute atomic E-state index is 0.135. The number of carbonyl (C=O) groups is 2. The minimum Gasteiger partial charge on any atom is -0.502 e. The highest BCUT2D eigenvalue weighted by atomic mass is 35.5. The maximum atomic E-state index is 12.9. The summed E-state index contributed by atoms with van der Waals surface area (Å²) in [5.74, 6) is -1.55. The summed E-state index contributed by atoms with van der Waals surface area (Å²) >= 11 is 5.98. The van der Waals surface area contributed by atoms with Crippen LogP contribution in [0.5, 0.6) is 11.5 Å². The number of amides is 2. The molecule has 0 fully saturated rings. The number of hydrogen-bond acceptors (Lipinski definition) is 5. The monoisotopic (exact) mass is 359 g/mol. The number of hydrogen-bond donors (Lipinski definition) is 1. The number of para-hydroxylation sites is 1. The Morgan fingerprint density at radius 3 is 2.32 bits per heavy atom. The molecule has 2 amide bonds. The molecule has 3 rings (SSSR count). The van der Waals surface area contributed by atoms with Gasteiger partial charge in [0.15, 0.2) is 5.76 Å². The fraction of sp³-hybridized carbons (Fsp3) is 0.111. The van der Waals surface area contributed by atoms with E-state index in [1.54, 1.807) is 30.3 Å². The molecule has 0 atom stereocenters. The highest BCUT2D eigenvalue weighted by Gasteiger charge is 2.42. The summed E-state index contributed by atoms with van der Waals surface area (Å²) in [6.07, 6.45) is 0. The van der Waals surface area contributed by atoms with Crippen molar-refractivity contribution in [1.82, 2.24) is 0 Å². The van der Waals surface area contributed by atoms with Gasteiger partial charge in [-0.1, -0.05) is 29.8 Å². The lowest BCUT2D eigenvalue weighted by Gasteiger charge is -2.18. The number of ether oxygens (including phenoxy) is 2. The third-order valence-electron chi connectivity index (χ3n) is 3.82. The molecule has 0 saturated carbocycles. The molecule has 2 aromatic carbocycles. The second-order valence-corrected chi connectivity index (χ2v) is 5.62. The molecule has 0 radical (unpaired) electrons. The molecule has 1 N–H and O–H groups in total. The fourth-order valence-corrected chi connectivity index (χ4v) is 2.84. The van der Waals surface area contributed by atoms with Gasteiger partial charge in [0.05, 0.1) is 25.5 Å². The van der Waals surface area contributed by atoms with Crippen LogP contribution >= 0.6 is 11.6 Å². The molecule has 128 valence electrons.